The predicted molar refractivity (Wildman–Crippen MR) is 75.0 cm³/mol. The van der Waals surface area contributed by atoms with E-state index in [9.17, 15) is 10.1 Å². The van der Waals surface area contributed by atoms with E-state index in [1.54, 1.807) is 18.3 Å². The number of nitrogens with zero attached hydrogens (tertiary/aromatic N) is 2. The van der Waals surface area contributed by atoms with Crippen LogP contribution in [0, 0.1) is 10.1 Å². The summed E-state index contributed by atoms with van der Waals surface area (Å²) in [6.45, 7) is 0.572. The van der Waals surface area contributed by atoms with Crippen LogP contribution in [0.3, 0.4) is 0 Å². The molecule has 0 atom stereocenters. The molecular formula is C14H15N3O4. The Kier molecular flexibility index (Phi) is 3.57. The molecule has 7 heteroatoms. The monoisotopic (exact) mass is 289 g/mol. The summed E-state index contributed by atoms with van der Waals surface area (Å²) in [7, 11) is 1.40. The summed E-state index contributed by atoms with van der Waals surface area (Å²) in [6.07, 6.45) is 3.96. The molecule has 1 N–H and O–H groups in total. The number of hydrogen-bond donors (Lipinski definition) is 1. The molecule has 1 fully saturated rings. The van der Waals surface area contributed by atoms with Gasteiger partial charge in [0, 0.05) is 17.7 Å². The Labute approximate surface area is 121 Å². The number of hydrogen-bond acceptors (Lipinski definition) is 6. The van der Waals surface area contributed by atoms with E-state index in [1.165, 1.54) is 26.0 Å². The smallest absolute Gasteiger partial charge is 0.311 e. The molecule has 1 heterocycles. The molecule has 1 aromatic carbocycles. The average molecular weight is 289 g/mol. The third kappa shape index (κ3) is 3.03. The van der Waals surface area contributed by atoms with E-state index in [2.05, 4.69) is 10.3 Å². The highest BCUT2D eigenvalue weighted by atomic mass is 16.6. The summed E-state index contributed by atoms with van der Waals surface area (Å²) < 4.78 is 10.6. The Bertz CT molecular complexity index is 664. The molecule has 0 aliphatic heterocycles. The number of rotatable bonds is 6. The van der Waals surface area contributed by atoms with E-state index in [0.29, 0.717) is 29.8 Å². The zero-order chi connectivity index (χ0) is 14.8. The van der Waals surface area contributed by atoms with Crippen LogP contribution in [-0.2, 0) is 6.54 Å². The maximum absolute atomic E-state index is 11.0. The Hall–Kier alpha value is -2.41. The molecule has 1 saturated carbocycles. The molecule has 3 rings (SSSR count). The fourth-order valence-corrected chi connectivity index (χ4v) is 2.03. The molecule has 0 radical (unpaired) electrons. The quantitative estimate of drug-likeness (QED) is 0.649. The highest BCUT2D eigenvalue weighted by Gasteiger charge is 2.21. The van der Waals surface area contributed by atoms with E-state index < -0.39 is 4.92 Å². The van der Waals surface area contributed by atoms with E-state index in [1.807, 2.05) is 0 Å². The van der Waals surface area contributed by atoms with Gasteiger partial charge in [0.2, 0.25) is 5.89 Å². The molecule has 2 aromatic rings. The Balaban J connectivity index is 1.82. The van der Waals surface area contributed by atoms with Gasteiger partial charge in [0.1, 0.15) is 0 Å². The fraction of sp³-hybridized carbons (Fsp3) is 0.357. The first kappa shape index (κ1) is 13.6. The van der Waals surface area contributed by atoms with Gasteiger partial charge in [-0.3, -0.25) is 10.1 Å². The fourth-order valence-electron chi connectivity index (χ4n) is 2.03. The van der Waals surface area contributed by atoms with Crippen molar-refractivity contribution in [1.29, 1.82) is 0 Å². The van der Waals surface area contributed by atoms with Crippen molar-refractivity contribution in [3.63, 3.8) is 0 Å². The first-order valence-corrected chi connectivity index (χ1v) is 6.68. The number of aromatic nitrogens is 1. The number of ether oxygens (including phenoxy) is 1. The van der Waals surface area contributed by atoms with Gasteiger partial charge in [-0.15, -0.1) is 0 Å². The lowest BCUT2D eigenvalue weighted by atomic mass is 10.1. The third-order valence-electron chi connectivity index (χ3n) is 3.33. The first-order valence-electron chi connectivity index (χ1n) is 6.68. The van der Waals surface area contributed by atoms with E-state index in [-0.39, 0.29) is 11.4 Å². The average Bonchev–Trinajstić information content (AvgIpc) is 3.21. The number of benzene rings is 1. The molecule has 1 aliphatic rings. The zero-order valence-corrected chi connectivity index (χ0v) is 11.5. The molecule has 0 amide bonds. The maximum atomic E-state index is 11.0. The van der Waals surface area contributed by atoms with Gasteiger partial charge in [0.15, 0.2) is 11.5 Å². The number of oxazole rings is 1. The van der Waals surface area contributed by atoms with Gasteiger partial charge in [0.25, 0.3) is 0 Å². The van der Waals surface area contributed by atoms with Crippen LogP contribution in [0.4, 0.5) is 5.69 Å². The Morgan fingerprint density at radius 3 is 3.00 bits per heavy atom. The highest BCUT2D eigenvalue weighted by molar-refractivity contribution is 5.64. The molecule has 110 valence electrons. The summed E-state index contributed by atoms with van der Waals surface area (Å²) in [4.78, 5) is 14.7. The molecule has 0 saturated heterocycles. The number of nitrogens with one attached hydrogen (secondary N) is 1. The van der Waals surface area contributed by atoms with Crippen LogP contribution >= 0.6 is 0 Å². The molecule has 0 bridgehead atoms. The highest BCUT2D eigenvalue weighted by Crippen LogP contribution is 2.32. The predicted octanol–water partition coefficient (Wildman–Crippen LogP) is 2.51. The van der Waals surface area contributed by atoms with Crippen molar-refractivity contribution in [3.8, 4) is 17.1 Å². The second-order valence-corrected chi connectivity index (χ2v) is 4.92. The number of methoxy groups -OCH3 is 1. The lowest BCUT2D eigenvalue weighted by Gasteiger charge is -2.03. The van der Waals surface area contributed by atoms with Gasteiger partial charge in [-0.25, -0.2) is 4.98 Å². The van der Waals surface area contributed by atoms with Gasteiger partial charge in [-0.1, -0.05) is 0 Å². The summed E-state index contributed by atoms with van der Waals surface area (Å²) in [5, 5.41) is 14.3. The molecule has 0 unspecified atom stereocenters. The molecular weight excluding hydrogens is 274 g/mol. The van der Waals surface area contributed by atoms with Crippen molar-refractivity contribution in [2.24, 2.45) is 0 Å². The topological polar surface area (TPSA) is 90.4 Å². The van der Waals surface area contributed by atoms with Crippen molar-refractivity contribution in [2.75, 3.05) is 7.11 Å². The summed E-state index contributed by atoms with van der Waals surface area (Å²) >= 11 is 0. The largest absolute Gasteiger partial charge is 0.490 e. The summed E-state index contributed by atoms with van der Waals surface area (Å²) in [6, 6.07) is 5.27. The van der Waals surface area contributed by atoms with Gasteiger partial charge in [-0.05, 0) is 25.0 Å². The van der Waals surface area contributed by atoms with E-state index in [0.717, 1.165) is 0 Å². The zero-order valence-electron chi connectivity index (χ0n) is 11.5. The minimum atomic E-state index is -0.478. The Morgan fingerprint density at radius 1 is 1.52 bits per heavy atom. The minimum Gasteiger partial charge on any atom is -0.490 e. The number of nitro benzene ring substituents is 1. The van der Waals surface area contributed by atoms with Crippen LogP contribution in [0.25, 0.3) is 11.3 Å². The molecule has 0 spiro atoms. The molecule has 1 aliphatic carbocycles. The summed E-state index contributed by atoms with van der Waals surface area (Å²) in [5.41, 5.74) is 0.511. The third-order valence-corrected chi connectivity index (χ3v) is 3.33. The van der Waals surface area contributed by atoms with E-state index >= 15 is 0 Å². The molecule has 1 aromatic heterocycles. The van der Waals surface area contributed by atoms with Crippen LogP contribution in [0.2, 0.25) is 0 Å². The van der Waals surface area contributed by atoms with Gasteiger partial charge < -0.3 is 14.5 Å². The maximum Gasteiger partial charge on any atom is 0.311 e. The SMILES string of the molecule is COc1ccc(-c2cnc(CNC3CC3)o2)cc1[N+](=O)[O-]. The van der Waals surface area contributed by atoms with E-state index in [4.69, 9.17) is 9.15 Å². The second-order valence-electron chi connectivity index (χ2n) is 4.92. The van der Waals surface area contributed by atoms with Crippen molar-refractivity contribution in [2.45, 2.75) is 25.4 Å². The normalized spacial score (nSPS) is 14.1. The molecule has 21 heavy (non-hydrogen) atoms. The lowest BCUT2D eigenvalue weighted by Crippen LogP contribution is -2.15. The van der Waals surface area contributed by atoms with Gasteiger partial charge >= 0.3 is 5.69 Å². The van der Waals surface area contributed by atoms with Crippen LogP contribution in [0.15, 0.2) is 28.8 Å². The van der Waals surface area contributed by atoms with Crippen LogP contribution in [-0.4, -0.2) is 23.1 Å². The van der Waals surface area contributed by atoms with Crippen molar-refractivity contribution < 1.29 is 14.1 Å². The van der Waals surface area contributed by atoms with Crippen LogP contribution in [0.1, 0.15) is 18.7 Å². The summed E-state index contributed by atoms with van der Waals surface area (Å²) in [5.74, 6) is 1.31. The van der Waals surface area contributed by atoms with Crippen molar-refractivity contribution in [3.05, 3.63) is 40.4 Å². The molecule has 7 nitrogen and oxygen atoms in total. The standard InChI is InChI=1S/C14H15N3O4/c1-20-12-5-2-9(6-11(12)17(18)19)13-7-16-14(21-13)8-15-10-3-4-10/h2,5-7,10,15H,3-4,8H2,1H3. The van der Waals surface area contributed by atoms with Crippen LogP contribution in [0.5, 0.6) is 5.75 Å². The Morgan fingerprint density at radius 2 is 2.33 bits per heavy atom. The van der Waals surface area contributed by atoms with Gasteiger partial charge in [0.05, 0.1) is 24.8 Å². The van der Waals surface area contributed by atoms with Gasteiger partial charge in [-0.2, -0.15) is 0 Å². The van der Waals surface area contributed by atoms with Crippen molar-refractivity contribution >= 4 is 5.69 Å². The first-order chi connectivity index (χ1) is 10.2. The minimum absolute atomic E-state index is 0.0935. The number of nitro groups is 1. The van der Waals surface area contributed by atoms with Crippen LogP contribution < -0.4 is 10.1 Å². The lowest BCUT2D eigenvalue weighted by molar-refractivity contribution is -0.385. The second kappa shape index (κ2) is 5.53. The van der Waals surface area contributed by atoms with Crippen molar-refractivity contribution in [1.82, 2.24) is 10.3 Å².